The molecule has 1 aliphatic carbocycles. The number of aryl methyl sites for hydroxylation is 1. The Morgan fingerprint density at radius 3 is 2.71 bits per heavy atom. The summed E-state index contributed by atoms with van der Waals surface area (Å²) in [7, 11) is 0. The van der Waals surface area contributed by atoms with Gasteiger partial charge >= 0.3 is 0 Å². The van der Waals surface area contributed by atoms with E-state index in [1.54, 1.807) is 19.1 Å². The first-order valence-electron chi connectivity index (χ1n) is 11.6. The third-order valence-corrected chi connectivity index (χ3v) is 6.74. The number of rotatable bonds is 6. The molecule has 0 fully saturated rings. The van der Waals surface area contributed by atoms with Crippen LogP contribution >= 0.6 is 0 Å². The molecule has 0 bridgehead atoms. The molecule has 6 nitrogen and oxygen atoms in total. The smallest absolute Gasteiger partial charge is 0.255 e. The first kappa shape index (κ1) is 21.8. The maximum Gasteiger partial charge on any atom is 0.255 e. The highest BCUT2D eigenvalue weighted by atomic mass is 16.2. The number of benzene rings is 3. The summed E-state index contributed by atoms with van der Waals surface area (Å²) in [5.74, 6) is -0.119. The molecule has 1 heterocycles. The molecule has 2 amide bonds. The van der Waals surface area contributed by atoms with Crippen molar-refractivity contribution in [2.75, 3.05) is 17.6 Å². The van der Waals surface area contributed by atoms with E-state index in [4.69, 9.17) is 5.73 Å². The molecule has 5 rings (SSSR count). The van der Waals surface area contributed by atoms with Gasteiger partial charge in [-0.15, -0.1) is 0 Å². The number of hydrogen-bond acceptors (Lipinski definition) is 3. The van der Waals surface area contributed by atoms with Crippen molar-refractivity contribution < 1.29 is 9.59 Å². The number of amides is 2. The van der Waals surface area contributed by atoms with Gasteiger partial charge in [0.25, 0.3) is 5.91 Å². The van der Waals surface area contributed by atoms with Crippen LogP contribution in [0.5, 0.6) is 0 Å². The van der Waals surface area contributed by atoms with Gasteiger partial charge in [-0.2, -0.15) is 0 Å². The molecule has 6 heteroatoms. The number of fused-ring (bicyclic) bond motifs is 2. The van der Waals surface area contributed by atoms with Crippen molar-refractivity contribution in [3.05, 3.63) is 95.2 Å². The van der Waals surface area contributed by atoms with Gasteiger partial charge in [0.05, 0.1) is 17.4 Å². The third kappa shape index (κ3) is 4.15. The molecule has 1 aromatic heterocycles. The second-order valence-electron chi connectivity index (χ2n) is 8.83. The zero-order valence-electron chi connectivity index (χ0n) is 19.2. The predicted molar refractivity (Wildman–Crippen MR) is 136 cm³/mol. The number of carbonyl (C=O) groups excluding carboxylic acids is 2. The molecular weight excluding hydrogens is 424 g/mol. The van der Waals surface area contributed by atoms with Crippen LogP contribution in [-0.2, 0) is 17.6 Å². The Morgan fingerprint density at radius 2 is 1.88 bits per heavy atom. The van der Waals surface area contributed by atoms with Crippen molar-refractivity contribution >= 4 is 34.1 Å². The first-order valence-corrected chi connectivity index (χ1v) is 11.6. The highest BCUT2D eigenvalue weighted by Gasteiger charge is 2.30. The Bertz CT molecular complexity index is 1370. The lowest BCUT2D eigenvalue weighted by Crippen LogP contribution is -2.34. The molecule has 0 saturated carbocycles. The van der Waals surface area contributed by atoms with Crippen LogP contribution in [0.2, 0.25) is 0 Å². The fraction of sp³-hybridized carbons (Fsp3) is 0.214. The molecule has 4 aromatic rings. The van der Waals surface area contributed by atoms with Crippen LogP contribution in [0, 0.1) is 0 Å². The summed E-state index contributed by atoms with van der Waals surface area (Å²) in [6.45, 7) is 2.29. The highest BCUT2D eigenvalue weighted by Crippen LogP contribution is 2.37. The zero-order chi connectivity index (χ0) is 23.7. The minimum Gasteiger partial charge on any atom is -0.397 e. The molecule has 1 aliphatic rings. The molecule has 0 radical (unpaired) electrons. The Morgan fingerprint density at radius 1 is 1.09 bits per heavy atom. The summed E-state index contributed by atoms with van der Waals surface area (Å²) in [6.07, 6.45) is 4.52. The van der Waals surface area contributed by atoms with Gasteiger partial charge < -0.3 is 20.9 Å². The van der Waals surface area contributed by atoms with E-state index >= 15 is 0 Å². The van der Waals surface area contributed by atoms with Crippen molar-refractivity contribution in [1.82, 2.24) is 9.88 Å². The van der Waals surface area contributed by atoms with E-state index in [-0.39, 0.29) is 17.9 Å². The fourth-order valence-corrected chi connectivity index (χ4v) is 4.98. The van der Waals surface area contributed by atoms with Crippen LogP contribution in [-0.4, -0.2) is 28.2 Å². The van der Waals surface area contributed by atoms with Crippen LogP contribution in [0.3, 0.4) is 0 Å². The molecule has 0 aliphatic heterocycles. The second kappa shape index (κ2) is 9.06. The van der Waals surface area contributed by atoms with Gasteiger partial charge in [0.1, 0.15) is 0 Å². The van der Waals surface area contributed by atoms with Crippen LogP contribution in [0.1, 0.15) is 46.4 Å². The lowest BCUT2D eigenvalue weighted by molar-refractivity contribution is -0.131. The van der Waals surface area contributed by atoms with Crippen LogP contribution < -0.4 is 11.1 Å². The second-order valence-corrected chi connectivity index (χ2v) is 8.83. The number of carbonyl (C=O) groups is 2. The molecule has 3 aromatic carbocycles. The Hall–Kier alpha value is -4.06. The largest absolute Gasteiger partial charge is 0.397 e. The van der Waals surface area contributed by atoms with Crippen LogP contribution in [0.25, 0.3) is 10.9 Å². The fourth-order valence-electron chi connectivity index (χ4n) is 4.98. The number of nitrogens with one attached hydrogen (secondary N) is 2. The van der Waals surface area contributed by atoms with E-state index in [1.165, 1.54) is 10.9 Å². The molecule has 34 heavy (non-hydrogen) atoms. The topological polar surface area (TPSA) is 91.2 Å². The van der Waals surface area contributed by atoms with E-state index in [0.717, 1.165) is 35.9 Å². The number of aromatic amines is 1. The number of hydrogen-bond donors (Lipinski definition) is 3. The predicted octanol–water partition coefficient (Wildman–Crippen LogP) is 5.08. The Kier molecular flexibility index (Phi) is 5.80. The molecule has 0 spiro atoms. The van der Waals surface area contributed by atoms with Gasteiger partial charge in [0.2, 0.25) is 5.91 Å². The average molecular weight is 453 g/mol. The quantitative estimate of drug-likeness (QED) is 0.356. The minimum absolute atomic E-state index is 0.0274. The summed E-state index contributed by atoms with van der Waals surface area (Å²) in [4.78, 5) is 30.7. The Labute approximate surface area is 198 Å². The van der Waals surface area contributed by atoms with Crippen molar-refractivity contribution in [2.45, 2.75) is 32.2 Å². The summed E-state index contributed by atoms with van der Waals surface area (Å²) in [5, 5.41) is 4.09. The number of aromatic nitrogens is 1. The molecule has 172 valence electrons. The highest BCUT2D eigenvalue weighted by molar-refractivity contribution is 6.05. The summed E-state index contributed by atoms with van der Waals surface area (Å²) < 4.78 is 0. The number of para-hydroxylation sites is 3. The summed E-state index contributed by atoms with van der Waals surface area (Å²) >= 11 is 0. The van der Waals surface area contributed by atoms with Crippen molar-refractivity contribution in [3.8, 4) is 0 Å². The molecule has 1 atom stereocenters. The zero-order valence-corrected chi connectivity index (χ0v) is 19.2. The van der Waals surface area contributed by atoms with E-state index < -0.39 is 0 Å². The number of H-pyrrole nitrogens is 1. The lowest BCUT2D eigenvalue weighted by Gasteiger charge is -2.29. The lowest BCUT2D eigenvalue weighted by atomic mass is 10.0. The van der Waals surface area contributed by atoms with Gasteiger partial charge in [0, 0.05) is 36.1 Å². The van der Waals surface area contributed by atoms with Gasteiger partial charge in [-0.25, -0.2) is 0 Å². The normalized spacial score (nSPS) is 14.7. The van der Waals surface area contributed by atoms with E-state index in [1.807, 2.05) is 53.6 Å². The SMILES string of the molecule is CC(=O)N(CCc1c[nH]c2ccccc12)C1CCc2cc(C(=O)Nc3ccccc3N)ccc21. The van der Waals surface area contributed by atoms with Crippen molar-refractivity contribution in [3.63, 3.8) is 0 Å². The van der Waals surface area contributed by atoms with E-state index in [0.29, 0.717) is 23.5 Å². The third-order valence-electron chi connectivity index (χ3n) is 6.74. The Balaban J connectivity index is 1.32. The van der Waals surface area contributed by atoms with Gasteiger partial charge in [-0.05, 0) is 66.3 Å². The molecule has 1 unspecified atom stereocenters. The number of anilines is 2. The maximum absolute atomic E-state index is 12.8. The standard InChI is InChI=1S/C28H28N4O2/c1-18(33)32(15-14-21-17-30-25-8-4-2-6-22(21)25)27-13-11-19-16-20(10-12-23(19)27)28(34)31-26-9-5-3-7-24(26)29/h2-10,12,16-17,27,30H,11,13-15,29H2,1H3,(H,31,34). The van der Waals surface area contributed by atoms with Crippen LogP contribution in [0.4, 0.5) is 11.4 Å². The monoisotopic (exact) mass is 452 g/mol. The molecular formula is C28H28N4O2. The average Bonchev–Trinajstić information content (AvgIpc) is 3.45. The number of nitrogens with zero attached hydrogens (tertiary/aromatic N) is 1. The van der Waals surface area contributed by atoms with Gasteiger partial charge in [-0.3, -0.25) is 9.59 Å². The molecule has 4 N–H and O–H groups in total. The van der Waals surface area contributed by atoms with Gasteiger partial charge in [-0.1, -0.05) is 36.4 Å². The first-order chi connectivity index (χ1) is 16.5. The summed E-state index contributed by atoms with van der Waals surface area (Å²) in [5.41, 5.74) is 12.3. The maximum atomic E-state index is 12.8. The van der Waals surface area contributed by atoms with E-state index in [2.05, 4.69) is 22.4 Å². The van der Waals surface area contributed by atoms with E-state index in [9.17, 15) is 9.59 Å². The van der Waals surface area contributed by atoms with Crippen molar-refractivity contribution in [2.24, 2.45) is 0 Å². The van der Waals surface area contributed by atoms with Crippen molar-refractivity contribution in [1.29, 1.82) is 0 Å². The summed E-state index contributed by atoms with van der Waals surface area (Å²) in [6, 6.07) is 21.3. The van der Waals surface area contributed by atoms with Gasteiger partial charge in [0.15, 0.2) is 0 Å². The molecule has 0 saturated heterocycles. The minimum atomic E-state index is -0.188. The van der Waals surface area contributed by atoms with Crippen LogP contribution in [0.15, 0.2) is 72.9 Å². The number of nitrogen functional groups attached to an aromatic ring is 1. The number of nitrogens with two attached hydrogens (primary N) is 1.